The topological polar surface area (TPSA) is 92.8 Å². The molecule has 1 fully saturated rings. The van der Waals surface area contributed by atoms with Crippen molar-refractivity contribution >= 4 is 27.5 Å². The number of hydrogen-bond acceptors (Lipinski definition) is 5. The van der Waals surface area contributed by atoms with Gasteiger partial charge in [-0.3, -0.25) is 9.59 Å². The predicted molar refractivity (Wildman–Crippen MR) is 103 cm³/mol. The van der Waals surface area contributed by atoms with Crippen molar-refractivity contribution in [2.75, 3.05) is 5.32 Å². The molecule has 0 radical (unpaired) electrons. The summed E-state index contributed by atoms with van der Waals surface area (Å²) in [5.41, 5.74) is 0.763. The van der Waals surface area contributed by atoms with E-state index in [0.29, 0.717) is 24.3 Å². The van der Waals surface area contributed by atoms with Gasteiger partial charge in [0.1, 0.15) is 10.6 Å². The number of hydrogen-bond donors (Lipinski definition) is 1. The highest BCUT2D eigenvalue weighted by molar-refractivity contribution is 7.90. The van der Waals surface area contributed by atoms with E-state index in [1.165, 1.54) is 18.2 Å². The molecule has 0 bridgehead atoms. The van der Waals surface area contributed by atoms with Crippen LogP contribution >= 0.6 is 0 Å². The Bertz CT molecular complexity index is 1070. The van der Waals surface area contributed by atoms with E-state index >= 15 is 0 Å². The average molecular weight is 400 g/mol. The van der Waals surface area contributed by atoms with Crippen LogP contribution < -0.4 is 10.1 Å². The fraction of sp³-hybridized carbons (Fsp3) is 0.300. The molecule has 1 aliphatic carbocycles. The SMILES string of the molecule is CC(C)Oc1ccccc1NC(=O)c1ccc2c(c1)S(=O)(=O)N(C1CC1)C2=O. The maximum absolute atomic E-state index is 12.7. The van der Waals surface area contributed by atoms with E-state index in [1.807, 2.05) is 13.8 Å². The lowest BCUT2D eigenvalue weighted by atomic mass is 10.1. The van der Waals surface area contributed by atoms with E-state index in [9.17, 15) is 18.0 Å². The van der Waals surface area contributed by atoms with E-state index in [0.717, 1.165) is 4.31 Å². The predicted octanol–water partition coefficient (Wildman–Crippen LogP) is 3.03. The van der Waals surface area contributed by atoms with E-state index < -0.39 is 21.8 Å². The minimum atomic E-state index is -3.91. The fourth-order valence-electron chi connectivity index (χ4n) is 3.18. The monoisotopic (exact) mass is 400 g/mol. The van der Waals surface area contributed by atoms with Crippen molar-refractivity contribution in [2.24, 2.45) is 0 Å². The summed E-state index contributed by atoms with van der Waals surface area (Å²) in [6.07, 6.45) is 1.29. The van der Waals surface area contributed by atoms with Gasteiger partial charge < -0.3 is 10.1 Å². The molecule has 0 aromatic heterocycles. The zero-order valence-electron chi connectivity index (χ0n) is 15.5. The third-order valence-electron chi connectivity index (χ3n) is 4.59. The Morgan fingerprint density at radius 1 is 1.18 bits per heavy atom. The smallest absolute Gasteiger partial charge is 0.269 e. The van der Waals surface area contributed by atoms with Gasteiger partial charge in [0.25, 0.3) is 21.8 Å². The molecule has 1 aliphatic heterocycles. The first kappa shape index (κ1) is 18.5. The summed E-state index contributed by atoms with van der Waals surface area (Å²) in [7, 11) is -3.91. The van der Waals surface area contributed by atoms with Gasteiger partial charge in [0.15, 0.2) is 0 Å². The summed E-state index contributed by atoms with van der Waals surface area (Å²) in [4.78, 5) is 25.0. The van der Waals surface area contributed by atoms with E-state index in [-0.39, 0.29) is 28.2 Å². The van der Waals surface area contributed by atoms with Gasteiger partial charge in [-0.25, -0.2) is 12.7 Å². The van der Waals surface area contributed by atoms with E-state index in [4.69, 9.17) is 4.74 Å². The number of fused-ring (bicyclic) bond motifs is 1. The van der Waals surface area contributed by atoms with E-state index in [1.54, 1.807) is 24.3 Å². The quantitative estimate of drug-likeness (QED) is 0.833. The highest BCUT2D eigenvalue weighted by atomic mass is 32.2. The average Bonchev–Trinajstić information content (AvgIpc) is 3.44. The van der Waals surface area contributed by atoms with Crippen LogP contribution in [0.2, 0.25) is 0 Å². The van der Waals surface area contributed by atoms with Crippen molar-refractivity contribution in [1.82, 2.24) is 4.31 Å². The Balaban J connectivity index is 1.63. The molecule has 146 valence electrons. The first-order chi connectivity index (χ1) is 13.3. The standard InChI is InChI=1S/C20H20N2O5S/c1-12(2)27-17-6-4-3-5-16(17)21-19(23)13-7-10-15-18(11-13)28(25,26)22(20(15)24)14-8-9-14/h3-7,10-12,14H,8-9H2,1-2H3,(H,21,23). The first-order valence-electron chi connectivity index (χ1n) is 9.09. The van der Waals surface area contributed by atoms with Crippen molar-refractivity contribution in [3.63, 3.8) is 0 Å². The summed E-state index contributed by atoms with van der Waals surface area (Å²) in [6, 6.07) is 10.9. The molecular formula is C20H20N2O5S. The van der Waals surface area contributed by atoms with Gasteiger partial charge in [-0.2, -0.15) is 0 Å². The number of carbonyl (C=O) groups is 2. The summed E-state index contributed by atoms with van der Waals surface area (Å²) in [6.45, 7) is 3.76. The lowest BCUT2D eigenvalue weighted by molar-refractivity contribution is 0.0864. The number of nitrogens with one attached hydrogen (secondary N) is 1. The van der Waals surface area contributed by atoms with Crippen LogP contribution in [0.25, 0.3) is 0 Å². The van der Waals surface area contributed by atoms with Crippen LogP contribution in [0.4, 0.5) is 5.69 Å². The van der Waals surface area contributed by atoms with Crippen molar-refractivity contribution in [3.8, 4) is 5.75 Å². The Morgan fingerprint density at radius 2 is 1.89 bits per heavy atom. The zero-order chi connectivity index (χ0) is 20.1. The number of nitrogens with zero attached hydrogens (tertiary/aromatic N) is 1. The van der Waals surface area contributed by atoms with Crippen molar-refractivity contribution in [1.29, 1.82) is 0 Å². The number of amides is 2. The highest BCUT2D eigenvalue weighted by Gasteiger charge is 2.48. The third kappa shape index (κ3) is 3.13. The molecule has 1 saturated carbocycles. The minimum Gasteiger partial charge on any atom is -0.489 e. The summed E-state index contributed by atoms with van der Waals surface area (Å²) in [5, 5.41) is 2.75. The summed E-state index contributed by atoms with van der Waals surface area (Å²) in [5.74, 6) is -0.468. The summed E-state index contributed by atoms with van der Waals surface area (Å²) < 4.78 is 32.1. The van der Waals surface area contributed by atoms with Crippen molar-refractivity contribution in [3.05, 3.63) is 53.6 Å². The molecule has 28 heavy (non-hydrogen) atoms. The molecular weight excluding hydrogens is 380 g/mol. The zero-order valence-corrected chi connectivity index (χ0v) is 16.3. The molecule has 0 spiro atoms. The maximum Gasteiger partial charge on any atom is 0.269 e. The van der Waals surface area contributed by atoms with Crippen LogP contribution in [0.1, 0.15) is 47.4 Å². The van der Waals surface area contributed by atoms with Gasteiger partial charge >= 0.3 is 0 Å². The minimum absolute atomic E-state index is 0.0670. The maximum atomic E-state index is 12.7. The molecule has 0 unspecified atom stereocenters. The second-order valence-corrected chi connectivity index (χ2v) is 8.95. The molecule has 4 rings (SSSR count). The Morgan fingerprint density at radius 3 is 2.57 bits per heavy atom. The fourth-order valence-corrected chi connectivity index (χ4v) is 5.02. The second kappa shape index (κ2) is 6.63. The highest BCUT2D eigenvalue weighted by Crippen LogP contribution is 2.39. The Hall–Kier alpha value is -2.87. The Labute approximate surface area is 163 Å². The van der Waals surface area contributed by atoms with Crippen LogP contribution in [0.15, 0.2) is 47.4 Å². The lowest BCUT2D eigenvalue weighted by Crippen LogP contribution is -2.31. The van der Waals surface area contributed by atoms with Crippen molar-refractivity contribution in [2.45, 2.75) is 43.7 Å². The number of sulfonamides is 1. The molecule has 7 nitrogen and oxygen atoms in total. The van der Waals surface area contributed by atoms with E-state index in [2.05, 4.69) is 5.32 Å². The first-order valence-corrected chi connectivity index (χ1v) is 10.5. The molecule has 0 saturated heterocycles. The van der Waals surface area contributed by atoms with Gasteiger partial charge in [0, 0.05) is 11.6 Å². The number of benzene rings is 2. The number of para-hydroxylation sites is 2. The van der Waals surface area contributed by atoms with Gasteiger partial charge in [-0.15, -0.1) is 0 Å². The van der Waals surface area contributed by atoms with Crippen LogP contribution in [0, 0.1) is 0 Å². The number of carbonyl (C=O) groups excluding carboxylic acids is 2. The number of anilines is 1. The van der Waals surface area contributed by atoms with Gasteiger partial charge in [0.2, 0.25) is 0 Å². The lowest BCUT2D eigenvalue weighted by Gasteiger charge is -2.15. The molecule has 2 aromatic carbocycles. The summed E-state index contributed by atoms with van der Waals surface area (Å²) >= 11 is 0. The van der Waals surface area contributed by atoms with Crippen LogP contribution in [-0.4, -0.2) is 36.7 Å². The van der Waals surface area contributed by atoms with Crippen LogP contribution in [0.3, 0.4) is 0 Å². The third-order valence-corrected chi connectivity index (χ3v) is 6.46. The second-order valence-electron chi connectivity index (χ2n) is 7.17. The molecule has 1 heterocycles. The number of rotatable bonds is 5. The largest absolute Gasteiger partial charge is 0.489 e. The van der Waals surface area contributed by atoms with Gasteiger partial charge in [-0.1, -0.05) is 12.1 Å². The van der Waals surface area contributed by atoms with Gasteiger partial charge in [-0.05, 0) is 57.0 Å². The molecule has 2 amide bonds. The van der Waals surface area contributed by atoms with Gasteiger partial charge in [0.05, 0.1) is 17.4 Å². The van der Waals surface area contributed by atoms with Crippen molar-refractivity contribution < 1.29 is 22.7 Å². The Kier molecular flexibility index (Phi) is 4.38. The number of ether oxygens (including phenoxy) is 1. The molecule has 2 aliphatic rings. The van der Waals surface area contributed by atoms with Crippen LogP contribution in [0.5, 0.6) is 5.75 Å². The molecule has 1 N–H and O–H groups in total. The normalized spacial score (nSPS) is 17.5. The molecule has 2 aromatic rings. The van der Waals surface area contributed by atoms with Crippen LogP contribution in [-0.2, 0) is 10.0 Å². The molecule has 0 atom stereocenters. The molecule has 8 heteroatoms.